The fraction of sp³-hybridized carbons (Fsp3) is 0.625. The van der Waals surface area contributed by atoms with Crippen molar-refractivity contribution in [2.24, 2.45) is 12.8 Å². The van der Waals surface area contributed by atoms with Crippen LogP contribution in [0.2, 0.25) is 0 Å². The molecule has 2 rings (SSSR count). The lowest BCUT2D eigenvalue weighted by atomic mass is 10.1. The van der Waals surface area contributed by atoms with E-state index < -0.39 is 17.9 Å². The van der Waals surface area contributed by atoms with Crippen LogP contribution in [0, 0.1) is 0 Å². The van der Waals surface area contributed by atoms with E-state index in [1.165, 1.54) is 11.7 Å². The number of rotatable bonds is 0. The molecule has 0 aromatic carbocycles. The molecule has 1 unspecified atom stereocenters. The average molecular weight is 205 g/mol. The van der Waals surface area contributed by atoms with Crippen molar-refractivity contribution in [3.05, 3.63) is 17.0 Å². The highest BCUT2D eigenvalue weighted by molar-refractivity contribution is 5.35. The zero-order chi connectivity index (χ0) is 10.5. The quantitative estimate of drug-likeness (QED) is 0.695. The molecule has 1 heterocycles. The maximum Gasteiger partial charge on any atom is 0.435 e. The Morgan fingerprint density at radius 2 is 2.14 bits per heavy atom. The van der Waals surface area contributed by atoms with Gasteiger partial charge in [0.15, 0.2) is 5.69 Å². The summed E-state index contributed by atoms with van der Waals surface area (Å²) in [6.45, 7) is 0. The second-order valence-corrected chi connectivity index (χ2v) is 3.48. The van der Waals surface area contributed by atoms with E-state index in [4.69, 9.17) is 5.73 Å². The number of aromatic nitrogens is 2. The lowest BCUT2D eigenvalue weighted by Gasteiger charge is -2.07. The van der Waals surface area contributed by atoms with Crippen LogP contribution in [0.1, 0.15) is 29.4 Å². The van der Waals surface area contributed by atoms with Gasteiger partial charge in [0.2, 0.25) is 0 Å². The first-order chi connectivity index (χ1) is 6.41. The Balaban J connectivity index is 2.59. The average Bonchev–Trinajstić information content (AvgIpc) is 2.54. The second kappa shape index (κ2) is 2.73. The summed E-state index contributed by atoms with van der Waals surface area (Å²) < 4.78 is 38.8. The van der Waals surface area contributed by atoms with Crippen molar-refractivity contribution in [2.45, 2.75) is 25.1 Å². The van der Waals surface area contributed by atoms with Crippen molar-refractivity contribution >= 4 is 0 Å². The summed E-state index contributed by atoms with van der Waals surface area (Å²) in [7, 11) is 1.52. The van der Waals surface area contributed by atoms with E-state index >= 15 is 0 Å². The number of aryl methyl sites for hydroxylation is 1. The van der Waals surface area contributed by atoms with Gasteiger partial charge >= 0.3 is 6.18 Å². The summed E-state index contributed by atoms with van der Waals surface area (Å²) in [5, 5.41) is 3.47. The molecule has 14 heavy (non-hydrogen) atoms. The van der Waals surface area contributed by atoms with Crippen molar-refractivity contribution in [2.75, 3.05) is 0 Å². The van der Waals surface area contributed by atoms with Gasteiger partial charge in [-0.1, -0.05) is 0 Å². The minimum Gasteiger partial charge on any atom is -0.324 e. The molecule has 2 N–H and O–H groups in total. The molecule has 3 nitrogen and oxygen atoms in total. The first-order valence-electron chi connectivity index (χ1n) is 4.30. The van der Waals surface area contributed by atoms with Gasteiger partial charge in [-0.3, -0.25) is 4.68 Å². The molecule has 1 aliphatic carbocycles. The second-order valence-electron chi connectivity index (χ2n) is 3.48. The number of hydrogen-bond donors (Lipinski definition) is 1. The van der Waals surface area contributed by atoms with E-state index in [0.29, 0.717) is 18.5 Å². The molecule has 1 aromatic heterocycles. The largest absolute Gasteiger partial charge is 0.435 e. The summed E-state index contributed by atoms with van der Waals surface area (Å²) in [5.74, 6) is 0. The molecule has 0 radical (unpaired) electrons. The number of alkyl halides is 3. The molecule has 0 fully saturated rings. The van der Waals surface area contributed by atoms with Crippen molar-refractivity contribution in [1.29, 1.82) is 0 Å². The number of nitrogens with zero attached hydrogens (tertiary/aromatic N) is 2. The van der Waals surface area contributed by atoms with Crippen molar-refractivity contribution in [3.8, 4) is 0 Å². The van der Waals surface area contributed by atoms with Gasteiger partial charge in [0.1, 0.15) is 0 Å². The minimum absolute atomic E-state index is 0.181. The fourth-order valence-corrected chi connectivity index (χ4v) is 1.91. The molecule has 0 saturated heterocycles. The third kappa shape index (κ3) is 1.21. The molecule has 1 atom stereocenters. The molecule has 78 valence electrons. The Kier molecular flexibility index (Phi) is 1.85. The predicted octanol–water partition coefficient (Wildman–Crippen LogP) is 1.38. The van der Waals surface area contributed by atoms with Gasteiger partial charge in [0.05, 0.1) is 0 Å². The molecule has 0 bridgehead atoms. The van der Waals surface area contributed by atoms with Gasteiger partial charge in [0.25, 0.3) is 0 Å². The molecule has 6 heteroatoms. The lowest BCUT2D eigenvalue weighted by Crippen LogP contribution is -2.14. The maximum atomic E-state index is 12.5. The van der Waals surface area contributed by atoms with E-state index in [1.807, 2.05) is 0 Å². The number of nitrogens with two attached hydrogens (primary N) is 1. The van der Waals surface area contributed by atoms with E-state index in [0.717, 1.165) is 0 Å². The van der Waals surface area contributed by atoms with Crippen molar-refractivity contribution in [1.82, 2.24) is 9.78 Å². The Morgan fingerprint density at radius 1 is 1.50 bits per heavy atom. The normalized spacial score (nSPS) is 21.4. The van der Waals surface area contributed by atoms with Crippen LogP contribution in [-0.2, 0) is 19.6 Å². The summed E-state index contributed by atoms with van der Waals surface area (Å²) in [5.41, 5.74) is 5.58. The summed E-state index contributed by atoms with van der Waals surface area (Å²) in [6.07, 6.45) is -3.24. The van der Waals surface area contributed by atoms with Crippen LogP contribution < -0.4 is 5.73 Å². The SMILES string of the molecule is Cn1nc(C(F)(F)F)c2c1CCC2N. The number of halogens is 3. The number of hydrogen-bond acceptors (Lipinski definition) is 2. The molecular weight excluding hydrogens is 195 g/mol. The lowest BCUT2D eigenvalue weighted by molar-refractivity contribution is -0.142. The Morgan fingerprint density at radius 3 is 2.71 bits per heavy atom. The summed E-state index contributed by atoms with van der Waals surface area (Å²) >= 11 is 0. The first-order valence-corrected chi connectivity index (χ1v) is 4.30. The third-order valence-electron chi connectivity index (χ3n) is 2.54. The van der Waals surface area contributed by atoms with Gasteiger partial charge in [0, 0.05) is 24.3 Å². The van der Waals surface area contributed by atoms with Gasteiger partial charge in [-0.25, -0.2) is 0 Å². The van der Waals surface area contributed by atoms with Gasteiger partial charge in [-0.2, -0.15) is 18.3 Å². The molecule has 0 aliphatic heterocycles. The molecule has 0 amide bonds. The molecular formula is C8H10F3N3. The molecule has 0 spiro atoms. The summed E-state index contributed by atoms with van der Waals surface area (Å²) in [6, 6.07) is -0.518. The highest BCUT2D eigenvalue weighted by atomic mass is 19.4. The van der Waals surface area contributed by atoms with Crippen LogP contribution in [0.5, 0.6) is 0 Å². The Bertz CT molecular complexity index is 367. The Hall–Kier alpha value is -1.04. The first kappa shape index (κ1) is 9.51. The smallest absolute Gasteiger partial charge is 0.324 e. The fourth-order valence-electron chi connectivity index (χ4n) is 1.91. The van der Waals surface area contributed by atoms with Crippen LogP contribution in [-0.4, -0.2) is 9.78 Å². The van der Waals surface area contributed by atoms with E-state index in [1.54, 1.807) is 0 Å². The van der Waals surface area contributed by atoms with E-state index in [9.17, 15) is 13.2 Å². The van der Waals surface area contributed by atoms with Gasteiger partial charge < -0.3 is 5.73 Å². The monoisotopic (exact) mass is 205 g/mol. The minimum atomic E-state index is -4.40. The van der Waals surface area contributed by atoms with Gasteiger partial charge in [-0.05, 0) is 12.8 Å². The highest BCUT2D eigenvalue weighted by Gasteiger charge is 2.42. The van der Waals surface area contributed by atoms with Crippen molar-refractivity contribution < 1.29 is 13.2 Å². The highest BCUT2D eigenvalue weighted by Crippen LogP contribution is 2.39. The molecule has 1 aromatic rings. The van der Waals surface area contributed by atoms with Crippen LogP contribution in [0.15, 0.2) is 0 Å². The molecule has 0 saturated carbocycles. The van der Waals surface area contributed by atoms with Crippen molar-refractivity contribution in [3.63, 3.8) is 0 Å². The summed E-state index contributed by atoms with van der Waals surface area (Å²) in [4.78, 5) is 0. The van der Waals surface area contributed by atoms with E-state index in [-0.39, 0.29) is 5.56 Å². The zero-order valence-corrected chi connectivity index (χ0v) is 7.60. The predicted molar refractivity (Wildman–Crippen MR) is 43.5 cm³/mol. The zero-order valence-electron chi connectivity index (χ0n) is 7.60. The van der Waals surface area contributed by atoms with Crippen LogP contribution >= 0.6 is 0 Å². The van der Waals surface area contributed by atoms with Crippen LogP contribution in [0.25, 0.3) is 0 Å². The topological polar surface area (TPSA) is 43.8 Å². The van der Waals surface area contributed by atoms with E-state index in [2.05, 4.69) is 5.10 Å². The maximum absolute atomic E-state index is 12.5. The third-order valence-corrected chi connectivity index (χ3v) is 2.54. The Labute approximate surface area is 78.7 Å². The molecule has 1 aliphatic rings. The number of fused-ring (bicyclic) bond motifs is 1. The van der Waals surface area contributed by atoms with Gasteiger partial charge in [-0.15, -0.1) is 0 Å². The van der Waals surface area contributed by atoms with Crippen LogP contribution in [0.4, 0.5) is 13.2 Å². The van der Waals surface area contributed by atoms with Crippen LogP contribution in [0.3, 0.4) is 0 Å². The standard InChI is InChI=1S/C8H10F3N3/c1-14-5-3-2-4(12)6(5)7(13-14)8(9,10)11/h4H,2-3,12H2,1H3.